The molecule has 414 valence electrons. The molecule has 0 aliphatic carbocycles. The molecule has 2 aromatic heterocycles. The summed E-state index contributed by atoms with van der Waals surface area (Å²) in [5, 5.41) is 5.29. The maximum absolute atomic E-state index is 17.0. The predicted octanol–water partition coefficient (Wildman–Crippen LogP) is 10.7. The van der Waals surface area contributed by atoms with E-state index in [-0.39, 0.29) is 70.7 Å². The molecule has 4 aliphatic heterocycles. The van der Waals surface area contributed by atoms with Crippen LogP contribution in [0.5, 0.6) is 0 Å². The van der Waals surface area contributed by atoms with Gasteiger partial charge in [-0.2, -0.15) is 0 Å². The normalized spacial score (nSPS) is 20.8. The van der Waals surface area contributed by atoms with Crippen molar-refractivity contribution in [3.8, 4) is 0 Å². The summed E-state index contributed by atoms with van der Waals surface area (Å²) < 4.78 is 90.9. The number of carbonyl (C=O) groups excluding carboxylic acids is 4. The molecule has 1 unspecified atom stereocenters. The third kappa shape index (κ3) is 10.4. The van der Waals surface area contributed by atoms with Crippen molar-refractivity contribution in [1.82, 2.24) is 40.4 Å². The van der Waals surface area contributed by atoms with Crippen LogP contribution in [0.3, 0.4) is 0 Å². The number of nitrogens with zero attached hydrogens (tertiary/aromatic N) is 6. The summed E-state index contributed by atoms with van der Waals surface area (Å²) in [6.07, 6.45) is 2.58. The van der Waals surface area contributed by atoms with E-state index >= 15 is 17.6 Å². The fraction of sp³-hybridized carbons (Fsp3) is 0.474. The molecule has 16 nitrogen and oxygen atoms in total. The number of halogens is 5. The molecule has 4 saturated heterocycles. The zero-order valence-electron chi connectivity index (χ0n) is 44.5. The Morgan fingerprint density at radius 2 is 1.03 bits per heavy atom. The average molecular weight is 1080 g/mol. The number of alkyl carbamates (subject to hydrolysis) is 2. The molecular weight excluding hydrogens is 1020 g/mol. The molecule has 21 heteroatoms. The number of H-pyrrole nitrogens is 2. The Morgan fingerprint density at radius 3 is 1.45 bits per heavy atom. The second kappa shape index (κ2) is 22.1. The van der Waals surface area contributed by atoms with Crippen LogP contribution >= 0.6 is 0 Å². The maximum Gasteiger partial charge on any atom is 0.407 e. The lowest BCUT2D eigenvalue weighted by Gasteiger charge is -2.36. The SMILES string of the molecule is COC(=O)NC(C(=O)N1CCC[C@H]1c1nc2cc([C@H]3CC[C@H](c4cc5nc([C@@H]6CCCN6C(=O)[C@@H](NC(=O)OC)C(C)C)[nH]c5cc4F)N3c3cc(F)c(N4CCC(c5ccc(F)cc5)CC4)c(F)c3)c(F)cc2[nH]1)C(C)C. The van der Waals surface area contributed by atoms with E-state index in [9.17, 15) is 23.6 Å². The number of piperidine rings is 1. The standard InChI is InChI=1S/C57H65F5N10O6/c1-29(2)49(67-56(75)77-5)54(73)70-19-7-9-47(70)52-63-41-25-35(37(59)27-43(41)65-52)45-15-16-46(72(45)34-23-39(61)51(40(62)24-34)69-21-17-32(18-22-69)31-11-13-33(58)14-12-31)36-26-42-44(28-38(36)60)66-53(64-42)48-10-8-20-71(48)55(74)50(30(3)4)68-57(76)78-6/h11-14,23-30,32,45-50H,7-10,15-22H2,1-6H3,(H,63,65)(H,64,66)(H,67,75)(H,68,76)/t45-,46-,47+,48+,49+,50?/m1/s1. The summed E-state index contributed by atoms with van der Waals surface area (Å²) >= 11 is 0. The summed E-state index contributed by atoms with van der Waals surface area (Å²) in [7, 11) is 2.45. The minimum absolute atomic E-state index is 0.0626. The third-order valence-corrected chi connectivity index (χ3v) is 16.3. The van der Waals surface area contributed by atoms with Gasteiger partial charge >= 0.3 is 12.2 Å². The van der Waals surface area contributed by atoms with Gasteiger partial charge in [0.1, 0.15) is 46.9 Å². The lowest BCUT2D eigenvalue weighted by atomic mass is 9.89. The highest BCUT2D eigenvalue weighted by atomic mass is 19.1. The van der Waals surface area contributed by atoms with Crippen molar-refractivity contribution in [2.45, 2.75) is 121 Å². The van der Waals surface area contributed by atoms with Crippen LogP contribution in [-0.4, -0.2) is 106 Å². The van der Waals surface area contributed by atoms with Crippen molar-refractivity contribution in [2.24, 2.45) is 11.8 Å². The van der Waals surface area contributed by atoms with Gasteiger partial charge in [-0.1, -0.05) is 39.8 Å². The lowest BCUT2D eigenvalue weighted by molar-refractivity contribution is -0.136. The highest BCUT2D eigenvalue weighted by Crippen LogP contribution is 2.50. The van der Waals surface area contributed by atoms with Gasteiger partial charge in [0.15, 0.2) is 11.6 Å². The zero-order chi connectivity index (χ0) is 55.3. The third-order valence-electron chi connectivity index (χ3n) is 16.3. The number of hydrogen-bond donors (Lipinski definition) is 4. The van der Waals surface area contributed by atoms with Crippen LogP contribution < -0.4 is 20.4 Å². The van der Waals surface area contributed by atoms with Crippen LogP contribution in [0.4, 0.5) is 42.9 Å². The molecule has 0 saturated carbocycles. The molecule has 0 bridgehead atoms. The Bertz CT molecular complexity index is 3060. The van der Waals surface area contributed by atoms with Crippen LogP contribution in [0.1, 0.15) is 137 Å². The van der Waals surface area contributed by atoms with Crippen molar-refractivity contribution >= 4 is 57.4 Å². The van der Waals surface area contributed by atoms with Gasteiger partial charge in [-0.25, -0.2) is 41.5 Å². The number of likely N-dealkylation sites (tertiary alicyclic amines) is 2. The monoisotopic (exact) mass is 1080 g/mol. The molecule has 10 rings (SSSR count). The number of methoxy groups -OCH3 is 2. The van der Waals surface area contributed by atoms with Crippen LogP contribution in [0.2, 0.25) is 0 Å². The lowest BCUT2D eigenvalue weighted by Crippen LogP contribution is -2.51. The van der Waals surface area contributed by atoms with Gasteiger partial charge in [0.2, 0.25) is 11.8 Å². The molecule has 4 aromatic carbocycles. The van der Waals surface area contributed by atoms with Crippen molar-refractivity contribution in [3.63, 3.8) is 0 Å². The van der Waals surface area contributed by atoms with E-state index < -0.39 is 71.7 Å². The van der Waals surface area contributed by atoms with Crippen LogP contribution in [0.15, 0.2) is 60.7 Å². The number of benzene rings is 4. The van der Waals surface area contributed by atoms with E-state index in [1.807, 2.05) is 27.7 Å². The number of fused-ring (bicyclic) bond motifs is 2. The van der Waals surface area contributed by atoms with E-state index in [2.05, 4.69) is 20.6 Å². The molecule has 4 amide bonds. The van der Waals surface area contributed by atoms with Crippen LogP contribution in [0.25, 0.3) is 22.1 Å². The number of hydrogen-bond acceptors (Lipinski definition) is 10. The van der Waals surface area contributed by atoms with Gasteiger partial charge in [0.25, 0.3) is 0 Å². The first-order valence-electron chi connectivity index (χ1n) is 26.9. The number of ether oxygens (including phenoxy) is 2. The topological polar surface area (TPSA) is 181 Å². The van der Waals surface area contributed by atoms with Crippen molar-refractivity contribution in [3.05, 3.63) is 118 Å². The number of carbonyl (C=O) groups is 4. The molecular formula is C57H65F5N10O6. The fourth-order valence-corrected chi connectivity index (χ4v) is 12.3. The first-order valence-corrected chi connectivity index (χ1v) is 26.9. The van der Waals surface area contributed by atoms with Gasteiger partial charge in [0.05, 0.1) is 60.5 Å². The highest BCUT2D eigenvalue weighted by Gasteiger charge is 2.43. The quantitative estimate of drug-likeness (QED) is 0.0813. The molecule has 78 heavy (non-hydrogen) atoms. The molecule has 4 fully saturated rings. The molecule has 4 N–H and O–H groups in total. The van der Waals surface area contributed by atoms with E-state index in [1.54, 1.807) is 43.9 Å². The van der Waals surface area contributed by atoms with Gasteiger partial charge < -0.3 is 49.7 Å². The smallest absolute Gasteiger partial charge is 0.407 e. The largest absolute Gasteiger partial charge is 0.453 e. The number of nitrogens with one attached hydrogen (secondary N) is 4. The van der Waals surface area contributed by atoms with Crippen molar-refractivity contribution < 1.29 is 50.6 Å². The number of anilines is 2. The molecule has 0 radical (unpaired) electrons. The van der Waals surface area contributed by atoms with E-state index in [0.29, 0.717) is 98.4 Å². The van der Waals surface area contributed by atoms with E-state index in [0.717, 1.165) is 5.56 Å². The minimum Gasteiger partial charge on any atom is -0.453 e. The highest BCUT2D eigenvalue weighted by molar-refractivity contribution is 5.88. The first kappa shape index (κ1) is 53.9. The summed E-state index contributed by atoms with van der Waals surface area (Å²) in [4.78, 5) is 75.3. The van der Waals surface area contributed by atoms with Gasteiger partial charge in [-0.3, -0.25) is 9.59 Å². The minimum atomic E-state index is -0.883. The summed E-state index contributed by atoms with van der Waals surface area (Å²) in [5.41, 5.74) is 2.60. The predicted molar refractivity (Wildman–Crippen MR) is 282 cm³/mol. The Hall–Kier alpha value is -7.45. The summed E-state index contributed by atoms with van der Waals surface area (Å²) in [6.45, 7) is 8.75. The van der Waals surface area contributed by atoms with E-state index in [1.165, 1.54) is 50.6 Å². The number of imidazole rings is 2. The molecule has 0 spiro atoms. The molecule has 6 atom stereocenters. The number of aromatic nitrogens is 4. The number of amides is 4. The number of aromatic amines is 2. The van der Waals surface area contributed by atoms with Gasteiger partial charge in [-0.05, 0) is 123 Å². The first-order chi connectivity index (χ1) is 37.4. The van der Waals surface area contributed by atoms with Crippen LogP contribution in [-0.2, 0) is 19.1 Å². The zero-order valence-corrected chi connectivity index (χ0v) is 44.5. The Balaban J connectivity index is 0.993. The van der Waals surface area contributed by atoms with Crippen molar-refractivity contribution in [1.29, 1.82) is 0 Å². The summed E-state index contributed by atoms with van der Waals surface area (Å²) in [5.74, 6) is -3.53. The molecule has 6 heterocycles. The maximum atomic E-state index is 17.0. The van der Waals surface area contributed by atoms with Gasteiger partial charge in [0, 0.05) is 43.0 Å². The fourth-order valence-electron chi connectivity index (χ4n) is 12.3. The Morgan fingerprint density at radius 1 is 0.577 bits per heavy atom. The molecule has 4 aliphatic rings. The Labute approximate surface area is 448 Å². The second-order valence-corrected chi connectivity index (χ2v) is 21.7. The van der Waals surface area contributed by atoms with Gasteiger partial charge in [-0.15, -0.1) is 0 Å². The molecule has 6 aromatic rings. The summed E-state index contributed by atoms with van der Waals surface area (Å²) in [6, 6.07) is 9.99. The Kier molecular flexibility index (Phi) is 15.3. The number of rotatable bonds is 13. The van der Waals surface area contributed by atoms with Crippen molar-refractivity contribution in [2.75, 3.05) is 50.2 Å². The average Bonchev–Trinajstić information content (AvgIpc) is 4.34. The second-order valence-electron chi connectivity index (χ2n) is 21.7. The van der Waals surface area contributed by atoms with Crippen LogP contribution in [0, 0.1) is 40.9 Å². The van der Waals surface area contributed by atoms with E-state index in [4.69, 9.17) is 19.4 Å².